The van der Waals surface area contributed by atoms with E-state index in [1.165, 1.54) is 5.56 Å². The van der Waals surface area contributed by atoms with Crippen LogP contribution >= 0.6 is 0 Å². The monoisotopic (exact) mass is 221 g/mol. The van der Waals surface area contributed by atoms with Crippen LogP contribution in [0.5, 0.6) is 0 Å². The Hall–Kier alpha value is -2.15. The normalized spacial score (nSPS) is 10.6. The highest BCUT2D eigenvalue weighted by atomic mass is 14.7. The van der Waals surface area contributed by atoms with E-state index in [2.05, 4.69) is 35.8 Å². The largest absolute Gasteiger partial charge is 0.288 e. The average molecular weight is 221 g/mol. The first-order valence-electron chi connectivity index (χ1n) is 5.65. The zero-order chi connectivity index (χ0) is 11.9. The van der Waals surface area contributed by atoms with Gasteiger partial charge in [0, 0.05) is 6.21 Å². The lowest BCUT2D eigenvalue weighted by Crippen LogP contribution is -1.84. The van der Waals surface area contributed by atoms with E-state index in [1.54, 1.807) is 0 Å². The maximum atomic E-state index is 4.42. The van der Waals surface area contributed by atoms with Crippen LogP contribution in [0.4, 0.5) is 0 Å². The topological polar surface area (TPSA) is 12.4 Å². The summed E-state index contributed by atoms with van der Waals surface area (Å²) in [6, 6.07) is 18.4. The Morgan fingerprint density at radius 2 is 1.59 bits per heavy atom. The molecule has 0 aromatic heterocycles. The molecular weight excluding hydrogens is 206 g/mol. The molecule has 0 amide bonds. The number of hydrogen-bond acceptors (Lipinski definition) is 1. The van der Waals surface area contributed by atoms with Crippen LogP contribution in [0.3, 0.4) is 0 Å². The summed E-state index contributed by atoms with van der Waals surface area (Å²) < 4.78 is 0. The summed E-state index contributed by atoms with van der Waals surface area (Å²) >= 11 is 0. The molecule has 2 aromatic rings. The van der Waals surface area contributed by atoms with E-state index in [4.69, 9.17) is 0 Å². The second kappa shape index (κ2) is 5.80. The molecule has 0 bridgehead atoms. The number of benzene rings is 2. The molecule has 2 aromatic carbocycles. The van der Waals surface area contributed by atoms with Crippen molar-refractivity contribution < 1.29 is 0 Å². The van der Waals surface area contributed by atoms with Gasteiger partial charge in [-0.05, 0) is 16.7 Å². The molecule has 0 aliphatic carbocycles. The molecule has 0 fully saturated rings. The highest BCUT2D eigenvalue weighted by molar-refractivity contribution is 5.79. The van der Waals surface area contributed by atoms with Gasteiger partial charge in [-0.2, -0.15) is 0 Å². The SMILES string of the molecule is C=Cc1ccc(C/N=C/c2ccccc2)cc1. The minimum atomic E-state index is 0.715. The summed E-state index contributed by atoms with van der Waals surface area (Å²) in [5, 5.41) is 0. The molecule has 0 N–H and O–H groups in total. The first-order chi connectivity index (χ1) is 8.38. The number of hydrogen-bond donors (Lipinski definition) is 0. The van der Waals surface area contributed by atoms with Crippen LogP contribution in [-0.4, -0.2) is 6.21 Å². The van der Waals surface area contributed by atoms with Gasteiger partial charge >= 0.3 is 0 Å². The second-order valence-electron chi connectivity index (χ2n) is 3.83. The predicted octanol–water partition coefficient (Wildman–Crippen LogP) is 3.95. The molecule has 0 aliphatic heterocycles. The smallest absolute Gasteiger partial charge is 0.0639 e. The van der Waals surface area contributed by atoms with Crippen LogP contribution < -0.4 is 0 Å². The Kier molecular flexibility index (Phi) is 3.87. The number of nitrogens with zero attached hydrogens (tertiary/aromatic N) is 1. The molecule has 0 saturated heterocycles. The highest BCUT2D eigenvalue weighted by Gasteiger charge is 1.90. The molecule has 84 valence electrons. The third-order valence-corrected chi connectivity index (χ3v) is 2.53. The van der Waals surface area contributed by atoms with Crippen LogP contribution in [-0.2, 0) is 6.54 Å². The van der Waals surface area contributed by atoms with Crippen LogP contribution in [0, 0.1) is 0 Å². The Morgan fingerprint density at radius 1 is 0.882 bits per heavy atom. The molecule has 1 heteroatoms. The van der Waals surface area contributed by atoms with Gasteiger partial charge < -0.3 is 0 Å². The van der Waals surface area contributed by atoms with Gasteiger partial charge in [-0.1, -0.05) is 67.3 Å². The first kappa shape index (κ1) is 11.3. The van der Waals surface area contributed by atoms with E-state index < -0.39 is 0 Å². The molecule has 17 heavy (non-hydrogen) atoms. The van der Waals surface area contributed by atoms with E-state index in [0.29, 0.717) is 6.54 Å². The minimum absolute atomic E-state index is 0.715. The Balaban J connectivity index is 1.97. The van der Waals surface area contributed by atoms with Crippen molar-refractivity contribution in [1.29, 1.82) is 0 Å². The third kappa shape index (κ3) is 3.42. The molecule has 0 aliphatic rings. The van der Waals surface area contributed by atoms with Crippen molar-refractivity contribution in [2.45, 2.75) is 6.54 Å². The van der Waals surface area contributed by atoms with Gasteiger partial charge in [0.1, 0.15) is 0 Å². The van der Waals surface area contributed by atoms with Gasteiger partial charge in [0.2, 0.25) is 0 Å². The summed E-state index contributed by atoms with van der Waals surface area (Å²) in [5.41, 5.74) is 3.48. The fourth-order valence-corrected chi connectivity index (χ4v) is 1.55. The van der Waals surface area contributed by atoms with Crippen molar-refractivity contribution >= 4 is 12.3 Å². The van der Waals surface area contributed by atoms with E-state index in [9.17, 15) is 0 Å². The Labute approximate surface area is 102 Å². The zero-order valence-electron chi connectivity index (χ0n) is 9.71. The van der Waals surface area contributed by atoms with Crippen molar-refractivity contribution in [2.24, 2.45) is 4.99 Å². The van der Waals surface area contributed by atoms with E-state index in [-0.39, 0.29) is 0 Å². The van der Waals surface area contributed by atoms with Gasteiger partial charge in [-0.15, -0.1) is 0 Å². The van der Waals surface area contributed by atoms with Crippen molar-refractivity contribution in [3.63, 3.8) is 0 Å². The maximum Gasteiger partial charge on any atom is 0.0639 e. The van der Waals surface area contributed by atoms with E-state index >= 15 is 0 Å². The number of rotatable bonds is 4. The molecule has 0 saturated carbocycles. The van der Waals surface area contributed by atoms with E-state index in [1.807, 2.05) is 42.6 Å². The van der Waals surface area contributed by atoms with Crippen molar-refractivity contribution in [2.75, 3.05) is 0 Å². The number of aliphatic imine (C=N–C) groups is 1. The highest BCUT2D eigenvalue weighted by Crippen LogP contribution is 2.06. The Bertz CT molecular complexity index is 495. The molecule has 0 unspecified atom stereocenters. The summed E-state index contributed by atoms with van der Waals surface area (Å²) in [7, 11) is 0. The molecule has 2 rings (SSSR count). The molecule has 0 radical (unpaired) electrons. The minimum Gasteiger partial charge on any atom is -0.288 e. The zero-order valence-corrected chi connectivity index (χ0v) is 9.71. The van der Waals surface area contributed by atoms with Gasteiger partial charge in [0.25, 0.3) is 0 Å². The molecule has 0 atom stereocenters. The van der Waals surface area contributed by atoms with Crippen LogP contribution in [0.25, 0.3) is 6.08 Å². The summed E-state index contributed by atoms with van der Waals surface area (Å²) in [6.07, 6.45) is 3.75. The molecule has 1 nitrogen and oxygen atoms in total. The fourth-order valence-electron chi connectivity index (χ4n) is 1.55. The van der Waals surface area contributed by atoms with E-state index in [0.717, 1.165) is 11.1 Å². The van der Waals surface area contributed by atoms with Gasteiger partial charge in [0.15, 0.2) is 0 Å². The first-order valence-corrected chi connectivity index (χ1v) is 5.65. The van der Waals surface area contributed by atoms with Crippen LogP contribution in [0.1, 0.15) is 16.7 Å². The predicted molar refractivity (Wildman–Crippen MR) is 74.3 cm³/mol. The quantitative estimate of drug-likeness (QED) is 0.693. The standard InChI is InChI=1S/C16H15N/c1-2-14-8-10-16(11-9-14)13-17-12-15-6-4-3-5-7-15/h2-12H,1,13H2/b17-12+. The fraction of sp³-hybridized carbons (Fsp3) is 0.0625. The summed E-state index contributed by atoms with van der Waals surface area (Å²) in [5.74, 6) is 0. The summed E-state index contributed by atoms with van der Waals surface area (Å²) in [4.78, 5) is 4.42. The van der Waals surface area contributed by atoms with Crippen molar-refractivity contribution in [3.8, 4) is 0 Å². The van der Waals surface area contributed by atoms with Crippen LogP contribution in [0.15, 0.2) is 66.2 Å². The van der Waals surface area contributed by atoms with Gasteiger partial charge in [-0.3, -0.25) is 4.99 Å². The van der Waals surface area contributed by atoms with Gasteiger partial charge in [0.05, 0.1) is 6.54 Å². The lowest BCUT2D eigenvalue weighted by Gasteiger charge is -1.97. The lowest BCUT2D eigenvalue weighted by atomic mass is 10.1. The average Bonchev–Trinajstić information content (AvgIpc) is 2.41. The Morgan fingerprint density at radius 3 is 2.24 bits per heavy atom. The van der Waals surface area contributed by atoms with Crippen molar-refractivity contribution in [3.05, 3.63) is 77.9 Å². The third-order valence-electron chi connectivity index (χ3n) is 2.53. The lowest BCUT2D eigenvalue weighted by molar-refractivity contribution is 1.08. The summed E-state index contributed by atoms with van der Waals surface area (Å²) in [6.45, 7) is 4.45. The molecule has 0 heterocycles. The van der Waals surface area contributed by atoms with Gasteiger partial charge in [-0.25, -0.2) is 0 Å². The molecule has 0 spiro atoms. The maximum absolute atomic E-state index is 4.42. The van der Waals surface area contributed by atoms with Crippen molar-refractivity contribution in [1.82, 2.24) is 0 Å². The molecular formula is C16H15N. The second-order valence-corrected chi connectivity index (χ2v) is 3.83. The van der Waals surface area contributed by atoms with Crippen LogP contribution in [0.2, 0.25) is 0 Å².